The third-order valence-corrected chi connectivity index (χ3v) is 6.06. The number of benzene rings is 1. The first-order valence-corrected chi connectivity index (χ1v) is 10.5. The molecule has 152 valence electrons. The summed E-state index contributed by atoms with van der Waals surface area (Å²) in [5, 5.41) is 3.98. The number of ether oxygens (including phenoxy) is 1. The SMILES string of the molecule is CCOC(=O)C1CCN(c2ncnc(Nc3nc4c(C)cccc4s3)c2N)CC1. The Balaban J connectivity index is 1.50. The number of fused-ring (bicyclic) bond motifs is 1. The second kappa shape index (κ2) is 8.20. The van der Waals surface area contributed by atoms with E-state index in [2.05, 4.69) is 25.2 Å². The number of rotatable bonds is 5. The van der Waals surface area contributed by atoms with Crippen molar-refractivity contribution in [2.24, 2.45) is 5.92 Å². The Hall–Kier alpha value is -2.94. The van der Waals surface area contributed by atoms with E-state index in [-0.39, 0.29) is 11.9 Å². The van der Waals surface area contributed by atoms with Gasteiger partial charge in [0, 0.05) is 13.1 Å². The molecule has 3 aromatic rings. The van der Waals surface area contributed by atoms with E-state index >= 15 is 0 Å². The molecule has 9 heteroatoms. The van der Waals surface area contributed by atoms with Crippen LogP contribution in [0, 0.1) is 12.8 Å². The molecular weight excluding hydrogens is 388 g/mol. The van der Waals surface area contributed by atoms with E-state index in [1.807, 2.05) is 32.0 Å². The smallest absolute Gasteiger partial charge is 0.309 e. The van der Waals surface area contributed by atoms with E-state index in [9.17, 15) is 4.79 Å². The fourth-order valence-electron chi connectivity index (χ4n) is 3.57. The van der Waals surface area contributed by atoms with Crippen molar-refractivity contribution in [2.45, 2.75) is 26.7 Å². The van der Waals surface area contributed by atoms with Gasteiger partial charge in [-0.15, -0.1) is 0 Å². The highest BCUT2D eigenvalue weighted by molar-refractivity contribution is 7.22. The molecule has 0 bridgehead atoms. The minimum Gasteiger partial charge on any atom is -0.466 e. The second-order valence-corrected chi connectivity index (χ2v) is 8.07. The van der Waals surface area contributed by atoms with Gasteiger partial charge in [-0.1, -0.05) is 23.5 Å². The molecule has 0 atom stereocenters. The molecule has 3 N–H and O–H groups in total. The first-order chi connectivity index (χ1) is 14.1. The number of nitrogen functional groups attached to an aromatic ring is 1. The van der Waals surface area contributed by atoms with E-state index in [4.69, 9.17) is 10.5 Å². The standard InChI is InChI=1S/C20H24N6O2S/c1-3-28-19(27)13-7-9-26(10-8-13)18-15(21)17(22-11-23-18)25-20-24-16-12(2)5-4-6-14(16)29-20/h4-6,11,13H,3,7-10,21H2,1-2H3,(H,22,23,24,25). The number of piperidine rings is 1. The average molecular weight is 413 g/mol. The van der Waals surface area contributed by atoms with Gasteiger partial charge in [-0.05, 0) is 38.3 Å². The Labute approximate surface area is 173 Å². The summed E-state index contributed by atoms with van der Waals surface area (Å²) < 4.78 is 6.25. The molecule has 1 saturated heterocycles. The van der Waals surface area contributed by atoms with Crippen LogP contribution in [0.3, 0.4) is 0 Å². The van der Waals surface area contributed by atoms with Crippen LogP contribution in [0.2, 0.25) is 0 Å². The summed E-state index contributed by atoms with van der Waals surface area (Å²) in [6.07, 6.45) is 2.95. The number of esters is 1. The maximum atomic E-state index is 12.0. The average Bonchev–Trinajstić information content (AvgIpc) is 3.14. The molecule has 3 heterocycles. The van der Waals surface area contributed by atoms with Crippen molar-refractivity contribution in [3.63, 3.8) is 0 Å². The van der Waals surface area contributed by atoms with Crippen LogP contribution >= 0.6 is 11.3 Å². The summed E-state index contributed by atoms with van der Waals surface area (Å²) in [4.78, 5) is 27.4. The lowest BCUT2D eigenvalue weighted by molar-refractivity contribution is -0.148. The maximum absolute atomic E-state index is 12.0. The summed E-state index contributed by atoms with van der Waals surface area (Å²) in [6, 6.07) is 6.12. The Morgan fingerprint density at radius 3 is 2.86 bits per heavy atom. The molecule has 1 fully saturated rings. The number of thiazole rings is 1. The van der Waals surface area contributed by atoms with Crippen molar-refractivity contribution in [2.75, 3.05) is 35.6 Å². The van der Waals surface area contributed by atoms with Gasteiger partial charge >= 0.3 is 5.97 Å². The number of aryl methyl sites for hydroxylation is 1. The number of hydrogen-bond acceptors (Lipinski definition) is 9. The van der Waals surface area contributed by atoms with E-state index in [0.717, 1.165) is 33.8 Å². The van der Waals surface area contributed by atoms with Crippen LogP contribution in [0.25, 0.3) is 10.2 Å². The van der Waals surface area contributed by atoms with E-state index in [1.54, 1.807) is 11.3 Å². The zero-order chi connectivity index (χ0) is 20.4. The van der Waals surface area contributed by atoms with E-state index < -0.39 is 0 Å². The molecule has 8 nitrogen and oxygen atoms in total. The van der Waals surface area contributed by atoms with Crippen molar-refractivity contribution >= 4 is 50.0 Å². The second-order valence-electron chi connectivity index (χ2n) is 7.04. The van der Waals surface area contributed by atoms with Gasteiger partial charge in [-0.25, -0.2) is 15.0 Å². The number of carbonyl (C=O) groups excluding carboxylic acids is 1. The number of nitrogens with two attached hydrogens (primary N) is 1. The van der Waals surface area contributed by atoms with Gasteiger partial charge in [0.05, 0.1) is 22.7 Å². The molecule has 29 heavy (non-hydrogen) atoms. The number of hydrogen-bond donors (Lipinski definition) is 2. The Kier molecular flexibility index (Phi) is 5.48. The van der Waals surface area contributed by atoms with Gasteiger partial charge in [0.2, 0.25) is 0 Å². The van der Waals surface area contributed by atoms with Crippen molar-refractivity contribution in [1.29, 1.82) is 0 Å². The number of anilines is 4. The minimum atomic E-state index is -0.115. The van der Waals surface area contributed by atoms with Crippen molar-refractivity contribution in [3.8, 4) is 0 Å². The van der Waals surface area contributed by atoms with Crippen molar-refractivity contribution in [1.82, 2.24) is 15.0 Å². The highest BCUT2D eigenvalue weighted by Crippen LogP contribution is 2.34. The number of nitrogens with one attached hydrogen (secondary N) is 1. The number of nitrogens with zero attached hydrogens (tertiary/aromatic N) is 4. The van der Waals surface area contributed by atoms with E-state index in [1.165, 1.54) is 6.33 Å². The first-order valence-electron chi connectivity index (χ1n) is 9.72. The zero-order valence-corrected chi connectivity index (χ0v) is 17.3. The predicted molar refractivity (Wildman–Crippen MR) is 116 cm³/mol. The third-order valence-electron chi connectivity index (χ3n) is 5.12. The first kappa shape index (κ1) is 19.4. The lowest BCUT2D eigenvalue weighted by atomic mass is 9.97. The molecule has 2 aromatic heterocycles. The summed E-state index contributed by atoms with van der Waals surface area (Å²) in [6.45, 7) is 5.69. The highest BCUT2D eigenvalue weighted by atomic mass is 32.1. The van der Waals surface area contributed by atoms with Gasteiger partial charge in [-0.2, -0.15) is 0 Å². The molecule has 1 aromatic carbocycles. The monoisotopic (exact) mass is 412 g/mol. The number of aromatic nitrogens is 3. The molecule has 1 aliphatic heterocycles. The van der Waals surface area contributed by atoms with Gasteiger partial charge < -0.3 is 20.7 Å². The minimum absolute atomic E-state index is 0.0576. The van der Waals surface area contributed by atoms with Crippen LogP contribution in [0.15, 0.2) is 24.5 Å². The zero-order valence-electron chi connectivity index (χ0n) is 16.5. The highest BCUT2D eigenvalue weighted by Gasteiger charge is 2.28. The lowest BCUT2D eigenvalue weighted by Gasteiger charge is -2.32. The quantitative estimate of drug-likeness (QED) is 0.613. The molecule has 0 radical (unpaired) electrons. The molecule has 0 saturated carbocycles. The predicted octanol–water partition coefficient (Wildman–Crippen LogP) is 3.50. The summed E-state index contributed by atoms with van der Waals surface area (Å²) >= 11 is 1.56. The summed E-state index contributed by atoms with van der Waals surface area (Å²) in [7, 11) is 0. The van der Waals surface area contributed by atoms with Crippen LogP contribution in [0.4, 0.5) is 22.5 Å². The van der Waals surface area contributed by atoms with Crippen molar-refractivity contribution < 1.29 is 9.53 Å². The van der Waals surface area contributed by atoms with Gasteiger partial charge in [0.15, 0.2) is 16.8 Å². The third kappa shape index (κ3) is 3.95. The number of carbonyl (C=O) groups is 1. The number of para-hydroxylation sites is 1. The lowest BCUT2D eigenvalue weighted by Crippen LogP contribution is -2.37. The molecule has 0 aliphatic carbocycles. The van der Waals surface area contributed by atoms with Crippen LogP contribution < -0.4 is 16.0 Å². The molecule has 0 spiro atoms. The van der Waals surface area contributed by atoms with Crippen LogP contribution in [-0.2, 0) is 9.53 Å². The van der Waals surface area contributed by atoms with Crippen LogP contribution in [-0.4, -0.2) is 40.6 Å². The summed E-state index contributed by atoms with van der Waals surface area (Å²) in [5.41, 5.74) is 8.98. The van der Waals surface area contributed by atoms with Crippen molar-refractivity contribution in [3.05, 3.63) is 30.1 Å². The largest absolute Gasteiger partial charge is 0.466 e. The molecule has 1 aliphatic rings. The Bertz CT molecular complexity index is 1030. The van der Waals surface area contributed by atoms with Crippen LogP contribution in [0.5, 0.6) is 0 Å². The maximum Gasteiger partial charge on any atom is 0.309 e. The Morgan fingerprint density at radius 1 is 1.34 bits per heavy atom. The van der Waals surface area contributed by atoms with E-state index in [0.29, 0.717) is 37.0 Å². The molecule has 4 rings (SSSR count). The topological polar surface area (TPSA) is 106 Å². The normalized spacial score (nSPS) is 14.9. The molecule has 0 amide bonds. The fourth-order valence-corrected chi connectivity index (χ4v) is 4.51. The summed E-state index contributed by atoms with van der Waals surface area (Å²) in [5.74, 6) is 1.05. The van der Waals surface area contributed by atoms with Gasteiger partial charge in [-0.3, -0.25) is 4.79 Å². The molecule has 0 unspecified atom stereocenters. The fraction of sp³-hybridized carbons (Fsp3) is 0.400. The molecular formula is C20H24N6O2S. The van der Waals surface area contributed by atoms with Crippen LogP contribution in [0.1, 0.15) is 25.3 Å². The van der Waals surface area contributed by atoms with Gasteiger partial charge in [0.25, 0.3) is 0 Å². The Morgan fingerprint density at radius 2 is 2.14 bits per heavy atom. The van der Waals surface area contributed by atoms with Gasteiger partial charge in [0.1, 0.15) is 12.0 Å².